The van der Waals surface area contributed by atoms with E-state index < -0.39 is 31.0 Å². The number of nitrogens with one attached hydrogen (secondary N) is 1. The lowest BCUT2D eigenvalue weighted by Crippen LogP contribution is -2.37. The van der Waals surface area contributed by atoms with Crippen molar-refractivity contribution in [1.82, 2.24) is 4.90 Å². The monoisotopic (exact) mass is 462 g/mol. The van der Waals surface area contributed by atoms with Gasteiger partial charge in [-0.15, -0.1) is 0 Å². The third-order valence-corrected chi connectivity index (χ3v) is 4.30. The minimum Gasteiger partial charge on any atom is -0.493 e. The Hall–Kier alpha value is -3.95. The first kappa shape index (κ1) is 25.3. The molecule has 33 heavy (non-hydrogen) atoms. The van der Waals surface area contributed by atoms with Crippen molar-refractivity contribution in [2.45, 2.75) is 13.5 Å². The van der Waals surface area contributed by atoms with Gasteiger partial charge in [0, 0.05) is 18.8 Å². The number of likely N-dealkylation sites (N-methyl/N-ethyl adjacent to an activating group) is 1. The molecule has 1 N–H and O–H groups in total. The lowest BCUT2D eigenvalue weighted by Gasteiger charge is -2.16. The van der Waals surface area contributed by atoms with E-state index >= 15 is 0 Å². The summed E-state index contributed by atoms with van der Waals surface area (Å²) in [4.78, 5) is 37.2. The van der Waals surface area contributed by atoms with Crippen LogP contribution in [0.1, 0.15) is 11.1 Å². The van der Waals surface area contributed by atoms with Gasteiger partial charge in [-0.1, -0.05) is 23.8 Å². The molecular weight excluding hydrogens is 438 g/mol. The van der Waals surface area contributed by atoms with E-state index in [1.165, 1.54) is 38.4 Å². The summed E-state index contributed by atoms with van der Waals surface area (Å²) in [7, 11) is 2.70. The van der Waals surface area contributed by atoms with Gasteiger partial charge in [0.1, 0.15) is 0 Å². The van der Waals surface area contributed by atoms with Crippen molar-refractivity contribution >= 4 is 29.5 Å². The Morgan fingerprint density at radius 3 is 2.42 bits per heavy atom. The molecule has 0 heterocycles. The van der Waals surface area contributed by atoms with E-state index in [1.54, 1.807) is 12.1 Å². The molecule has 8 nitrogen and oxygen atoms in total. The van der Waals surface area contributed by atoms with Crippen LogP contribution in [0.5, 0.6) is 11.5 Å². The zero-order valence-corrected chi connectivity index (χ0v) is 18.3. The van der Waals surface area contributed by atoms with Gasteiger partial charge in [-0.25, -0.2) is 4.79 Å². The highest BCUT2D eigenvalue weighted by Gasteiger charge is 2.15. The van der Waals surface area contributed by atoms with Gasteiger partial charge < -0.3 is 24.4 Å². The first-order valence-electron chi connectivity index (χ1n) is 9.76. The van der Waals surface area contributed by atoms with Crippen LogP contribution in [0.2, 0.25) is 0 Å². The summed E-state index contributed by atoms with van der Waals surface area (Å²) in [6.07, 6.45) is 2.43. The third-order valence-electron chi connectivity index (χ3n) is 4.30. The molecule has 0 saturated carbocycles. The molecular formula is C23H24F2N2O6. The number of hydrogen-bond acceptors (Lipinski definition) is 6. The normalized spacial score (nSPS) is 10.7. The summed E-state index contributed by atoms with van der Waals surface area (Å²) in [5, 5.41) is 2.67. The number of anilines is 1. The Morgan fingerprint density at radius 1 is 1.09 bits per heavy atom. The molecule has 0 spiro atoms. The van der Waals surface area contributed by atoms with Gasteiger partial charge in [-0.3, -0.25) is 9.59 Å². The summed E-state index contributed by atoms with van der Waals surface area (Å²) >= 11 is 0. The summed E-state index contributed by atoms with van der Waals surface area (Å²) in [6, 6.07) is 11.3. The summed E-state index contributed by atoms with van der Waals surface area (Å²) in [6.45, 7) is -1.85. The third kappa shape index (κ3) is 8.60. The number of halogens is 2. The van der Waals surface area contributed by atoms with Crippen LogP contribution in [0, 0.1) is 6.92 Å². The van der Waals surface area contributed by atoms with Gasteiger partial charge in [-0.2, -0.15) is 8.78 Å². The number of carbonyl (C=O) groups excluding carboxylic acids is 3. The number of benzene rings is 2. The summed E-state index contributed by atoms with van der Waals surface area (Å²) < 4.78 is 38.9. The molecule has 0 atom stereocenters. The van der Waals surface area contributed by atoms with Crippen molar-refractivity contribution in [1.29, 1.82) is 0 Å². The van der Waals surface area contributed by atoms with Crippen LogP contribution in [0.3, 0.4) is 0 Å². The van der Waals surface area contributed by atoms with Gasteiger partial charge in [0.05, 0.1) is 13.7 Å². The fourth-order valence-corrected chi connectivity index (χ4v) is 2.58. The SMILES string of the molecule is COc1cc(/C=C/C(=O)OCC(=O)N(C)CC(=O)Nc2ccc(C)cc2)ccc1OC(F)F. The number of amides is 2. The topological polar surface area (TPSA) is 94.2 Å². The number of methoxy groups -OCH3 is 1. The molecule has 0 aliphatic carbocycles. The molecule has 2 aromatic rings. The molecule has 0 radical (unpaired) electrons. The maximum Gasteiger partial charge on any atom is 0.387 e. The lowest BCUT2D eigenvalue weighted by atomic mass is 10.2. The Labute approximate surface area is 189 Å². The van der Waals surface area contributed by atoms with Crippen LogP contribution in [-0.2, 0) is 19.1 Å². The van der Waals surface area contributed by atoms with Crippen LogP contribution >= 0.6 is 0 Å². The van der Waals surface area contributed by atoms with Crippen molar-refractivity contribution in [3.05, 3.63) is 59.7 Å². The minimum atomic E-state index is -3.00. The van der Waals surface area contributed by atoms with E-state index in [1.807, 2.05) is 19.1 Å². The minimum absolute atomic E-state index is 0.0616. The van der Waals surface area contributed by atoms with E-state index in [0.717, 1.165) is 16.5 Å². The van der Waals surface area contributed by atoms with Crippen LogP contribution in [0.15, 0.2) is 48.5 Å². The standard InChI is InChI=1S/C23H24F2N2O6/c1-15-4-8-17(9-5-15)26-20(28)13-27(2)21(29)14-32-22(30)11-7-16-6-10-18(33-23(24)25)19(12-16)31-3/h4-12,23H,13-14H2,1-3H3,(H,26,28)/b11-7+. The first-order valence-corrected chi connectivity index (χ1v) is 9.76. The highest BCUT2D eigenvalue weighted by Crippen LogP contribution is 2.29. The van der Waals surface area contributed by atoms with Crippen molar-refractivity contribution in [2.24, 2.45) is 0 Å². The number of hydrogen-bond donors (Lipinski definition) is 1. The van der Waals surface area contributed by atoms with Crippen LogP contribution in [0.4, 0.5) is 14.5 Å². The molecule has 2 amide bonds. The molecule has 0 fully saturated rings. The van der Waals surface area contributed by atoms with Crippen molar-refractivity contribution in [2.75, 3.05) is 32.6 Å². The van der Waals surface area contributed by atoms with Gasteiger partial charge in [-0.05, 0) is 42.8 Å². The molecule has 176 valence electrons. The van der Waals surface area contributed by atoms with E-state index in [2.05, 4.69) is 10.1 Å². The molecule has 0 aliphatic rings. The smallest absolute Gasteiger partial charge is 0.387 e. The maximum absolute atomic E-state index is 12.4. The van der Waals surface area contributed by atoms with Gasteiger partial charge in [0.25, 0.3) is 5.91 Å². The largest absolute Gasteiger partial charge is 0.493 e. The Kier molecular flexibility index (Phi) is 9.34. The molecule has 0 bridgehead atoms. The average Bonchev–Trinajstić information content (AvgIpc) is 2.77. The van der Waals surface area contributed by atoms with E-state index in [-0.39, 0.29) is 18.0 Å². The molecule has 2 aromatic carbocycles. The van der Waals surface area contributed by atoms with Crippen molar-refractivity contribution in [3.8, 4) is 11.5 Å². The second kappa shape index (κ2) is 12.2. The maximum atomic E-state index is 12.4. The molecule has 0 aliphatic heterocycles. The Bertz CT molecular complexity index is 1010. The second-order valence-corrected chi connectivity index (χ2v) is 6.89. The predicted molar refractivity (Wildman–Crippen MR) is 117 cm³/mol. The number of aryl methyl sites for hydroxylation is 1. The summed E-state index contributed by atoms with van der Waals surface area (Å²) in [5.41, 5.74) is 2.11. The van der Waals surface area contributed by atoms with Gasteiger partial charge in [0.2, 0.25) is 5.91 Å². The molecule has 10 heteroatoms. The number of esters is 1. The van der Waals surface area contributed by atoms with E-state index in [0.29, 0.717) is 11.3 Å². The zero-order valence-electron chi connectivity index (χ0n) is 18.3. The Balaban J connectivity index is 1.81. The fourth-order valence-electron chi connectivity index (χ4n) is 2.58. The van der Waals surface area contributed by atoms with Gasteiger partial charge in [0.15, 0.2) is 18.1 Å². The quantitative estimate of drug-likeness (QED) is 0.430. The van der Waals surface area contributed by atoms with E-state index in [4.69, 9.17) is 9.47 Å². The average molecular weight is 462 g/mol. The second-order valence-electron chi connectivity index (χ2n) is 6.89. The van der Waals surface area contributed by atoms with Crippen LogP contribution in [-0.4, -0.2) is 56.6 Å². The molecule has 0 saturated heterocycles. The fraction of sp³-hybridized carbons (Fsp3) is 0.261. The number of ether oxygens (including phenoxy) is 3. The Morgan fingerprint density at radius 2 is 1.79 bits per heavy atom. The van der Waals surface area contributed by atoms with Crippen molar-refractivity contribution in [3.63, 3.8) is 0 Å². The van der Waals surface area contributed by atoms with Crippen LogP contribution < -0.4 is 14.8 Å². The summed E-state index contributed by atoms with van der Waals surface area (Å²) in [5.74, 6) is -1.84. The predicted octanol–water partition coefficient (Wildman–Crippen LogP) is 3.26. The zero-order chi connectivity index (χ0) is 24.4. The molecule has 2 rings (SSSR count). The highest BCUT2D eigenvalue weighted by atomic mass is 19.3. The first-order chi connectivity index (χ1) is 15.7. The highest BCUT2D eigenvalue weighted by molar-refractivity contribution is 5.95. The number of nitrogens with zero attached hydrogens (tertiary/aromatic N) is 1. The number of carbonyl (C=O) groups is 3. The lowest BCUT2D eigenvalue weighted by molar-refractivity contribution is -0.148. The molecule has 0 aromatic heterocycles. The number of rotatable bonds is 10. The van der Waals surface area contributed by atoms with E-state index in [9.17, 15) is 23.2 Å². The molecule has 0 unspecified atom stereocenters. The van der Waals surface area contributed by atoms with Crippen LogP contribution in [0.25, 0.3) is 6.08 Å². The van der Waals surface area contributed by atoms with Crippen molar-refractivity contribution < 1.29 is 37.4 Å². The number of alkyl halides is 2. The van der Waals surface area contributed by atoms with Gasteiger partial charge >= 0.3 is 12.6 Å².